The molecule has 0 saturated carbocycles. The Balaban J connectivity index is 1.81. The standard InChI is InChI=1S/C15H19FN4O2S/c1-12-11-19(14-5-3-4-13(16)10-14)8-9-20(12)23(21,22)15-6-7-17-18(15)2/h3-7,10,12H,8-9,11H2,1-2H3. The normalized spacial score (nSPS) is 20.0. The first-order valence-electron chi connectivity index (χ1n) is 7.40. The second-order valence-corrected chi connectivity index (χ2v) is 7.52. The van der Waals surface area contributed by atoms with E-state index >= 15 is 0 Å². The lowest BCUT2D eigenvalue weighted by Crippen LogP contribution is -2.54. The molecule has 1 atom stereocenters. The van der Waals surface area contributed by atoms with Crippen LogP contribution in [0.1, 0.15) is 6.92 Å². The van der Waals surface area contributed by atoms with Crippen LogP contribution in [0.2, 0.25) is 0 Å². The van der Waals surface area contributed by atoms with Gasteiger partial charge in [-0.1, -0.05) is 6.07 Å². The third kappa shape index (κ3) is 2.96. The van der Waals surface area contributed by atoms with Gasteiger partial charge in [0.15, 0.2) is 5.03 Å². The van der Waals surface area contributed by atoms with Crippen LogP contribution >= 0.6 is 0 Å². The topological polar surface area (TPSA) is 58.4 Å². The van der Waals surface area contributed by atoms with E-state index in [4.69, 9.17) is 0 Å². The minimum Gasteiger partial charge on any atom is -0.369 e. The Hall–Kier alpha value is -1.93. The van der Waals surface area contributed by atoms with Crippen LogP contribution in [0.25, 0.3) is 0 Å². The minimum absolute atomic E-state index is 0.184. The number of aromatic nitrogens is 2. The molecule has 0 radical (unpaired) electrons. The first kappa shape index (κ1) is 15.9. The van der Waals surface area contributed by atoms with Crippen molar-refractivity contribution >= 4 is 15.7 Å². The maximum Gasteiger partial charge on any atom is 0.260 e. The van der Waals surface area contributed by atoms with E-state index in [0.29, 0.717) is 19.6 Å². The first-order chi connectivity index (χ1) is 10.9. The molecular formula is C15H19FN4O2S. The maximum atomic E-state index is 13.4. The zero-order chi connectivity index (χ0) is 16.6. The largest absolute Gasteiger partial charge is 0.369 e. The van der Waals surface area contributed by atoms with Crippen LogP contribution in [0.5, 0.6) is 0 Å². The Bertz CT molecular complexity index is 805. The van der Waals surface area contributed by atoms with E-state index in [9.17, 15) is 12.8 Å². The number of halogens is 1. The van der Waals surface area contributed by atoms with Crippen molar-refractivity contribution in [3.05, 3.63) is 42.3 Å². The lowest BCUT2D eigenvalue weighted by molar-refractivity contribution is 0.304. The number of hydrogen-bond acceptors (Lipinski definition) is 4. The van der Waals surface area contributed by atoms with Gasteiger partial charge in [-0.2, -0.15) is 9.40 Å². The van der Waals surface area contributed by atoms with Gasteiger partial charge < -0.3 is 4.90 Å². The third-order valence-electron chi connectivity index (χ3n) is 4.09. The highest BCUT2D eigenvalue weighted by Crippen LogP contribution is 2.24. The summed E-state index contributed by atoms with van der Waals surface area (Å²) < 4.78 is 41.7. The molecule has 8 heteroatoms. The summed E-state index contributed by atoms with van der Waals surface area (Å²) in [6.45, 7) is 3.25. The molecule has 1 aromatic heterocycles. The molecule has 1 saturated heterocycles. The van der Waals surface area contributed by atoms with E-state index in [0.717, 1.165) is 5.69 Å². The Morgan fingerprint density at radius 1 is 1.26 bits per heavy atom. The van der Waals surface area contributed by atoms with Gasteiger partial charge in [0, 0.05) is 38.4 Å². The molecule has 3 rings (SSSR count). The molecule has 0 bridgehead atoms. The number of aryl methyl sites for hydroxylation is 1. The monoisotopic (exact) mass is 338 g/mol. The van der Waals surface area contributed by atoms with Crippen LogP contribution in [0.4, 0.5) is 10.1 Å². The zero-order valence-electron chi connectivity index (χ0n) is 13.1. The molecule has 23 heavy (non-hydrogen) atoms. The van der Waals surface area contributed by atoms with E-state index in [2.05, 4.69) is 5.10 Å². The molecule has 1 aromatic carbocycles. The highest BCUT2D eigenvalue weighted by Gasteiger charge is 2.35. The molecule has 0 N–H and O–H groups in total. The Morgan fingerprint density at radius 2 is 2.04 bits per heavy atom. The second kappa shape index (κ2) is 5.93. The average molecular weight is 338 g/mol. The summed E-state index contributed by atoms with van der Waals surface area (Å²) in [6, 6.07) is 7.65. The zero-order valence-corrected chi connectivity index (χ0v) is 13.9. The quantitative estimate of drug-likeness (QED) is 0.850. The van der Waals surface area contributed by atoms with Crippen molar-refractivity contribution < 1.29 is 12.8 Å². The summed E-state index contributed by atoms with van der Waals surface area (Å²) in [5.41, 5.74) is 0.773. The van der Waals surface area contributed by atoms with Crippen molar-refractivity contribution in [1.29, 1.82) is 0 Å². The first-order valence-corrected chi connectivity index (χ1v) is 8.84. The summed E-state index contributed by atoms with van der Waals surface area (Å²) in [7, 11) is -1.97. The summed E-state index contributed by atoms with van der Waals surface area (Å²) >= 11 is 0. The molecule has 2 heterocycles. The van der Waals surface area contributed by atoms with E-state index in [-0.39, 0.29) is 16.9 Å². The molecule has 1 aliphatic heterocycles. The van der Waals surface area contributed by atoms with Crippen molar-refractivity contribution in [3.63, 3.8) is 0 Å². The second-order valence-electron chi connectivity index (χ2n) is 5.68. The number of piperazine rings is 1. The number of anilines is 1. The van der Waals surface area contributed by atoms with Gasteiger partial charge in [-0.3, -0.25) is 4.68 Å². The predicted octanol–water partition coefficient (Wildman–Crippen LogP) is 1.46. The van der Waals surface area contributed by atoms with Crippen LogP contribution in [0.15, 0.2) is 41.6 Å². The van der Waals surface area contributed by atoms with Crippen LogP contribution in [-0.2, 0) is 17.1 Å². The van der Waals surface area contributed by atoms with Crippen molar-refractivity contribution in [3.8, 4) is 0 Å². The van der Waals surface area contributed by atoms with Crippen molar-refractivity contribution in [2.75, 3.05) is 24.5 Å². The summed E-state index contributed by atoms with van der Waals surface area (Å²) in [5, 5.41) is 4.12. The maximum absolute atomic E-state index is 13.4. The third-order valence-corrected chi connectivity index (χ3v) is 6.18. The number of benzene rings is 1. The average Bonchev–Trinajstić information content (AvgIpc) is 2.94. The van der Waals surface area contributed by atoms with Crippen molar-refractivity contribution in [2.45, 2.75) is 18.0 Å². The minimum atomic E-state index is -3.58. The fourth-order valence-electron chi connectivity index (χ4n) is 2.94. The molecule has 1 fully saturated rings. The summed E-state index contributed by atoms with van der Waals surface area (Å²) in [6.07, 6.45) is 1.47. The van der Waals surface area contributed by atoms with Crippen molar-refractivity contribution in [1.82, 2.24) is 14.1 Å². The van der Waals surface area contributed by atoms with E-state index < -0.39 is 10.0 Å². The van der Waals surface area contributed by atoms with Crippen molar-refractivity contribution in [2.24, 2.45) is 7.05 Å². The van der Waals surface area contributed by atoms with Gasteiger partial charge in [-0.05, 0) is 31.2 Å². The van der Waals surface area contributed by atoms with E-state index in [1.54, 1.807) is 13.1 Å². The van der Waals surface area contributed by atoms with Gasteiger partial charge in [0.25, 0.3) is 10.0 Å². The molecule has 0 amide bonds. The molecule has 2 aromatic rings. The fraction of sp³-hybridized carbons (Fsp3) is 0.400. The molecule has 1 aliphatic rings. The molecule has 0 spiro atoms. The smallest absolute Gasteiger partial charge is 0.260 e. The molecular weight excluding hydrogens is 319 g/mol. The number of sulfonamides is 1. The number of hydrogen-bond donors (Lipinski definition) is 0. The van der Waals surface area contributed by atoms with Gasteiger partial charge in [0.2, 0.25) is 0 Å². The Kier molecular flexibility index (Phi) is 4.11. The summed E-state index contributed by atoms with van der Waals surface area (Å²) in [4.78, 5) is 2.00. The highest BCUT2D eigenvalue weighted by atomic mass is 32.2. The van der Waals surface area contributed by atoms with E-state index in [1.165, 1.54) is 33.4 Å². The lowest BCUT2D eigenvalue weighted by Gasteiger charge is -2.39. The van der Waals surface area contributed by atoms with Crippen LogP contribution < -0.4 is 4.90 Å². The van der Waals surface area contributed by atoms with Gasteiger partial charge in [0.1, 0.15) is 5.82 Å². The van der Waals surface area contributed by atoms with Gasteiger partial charge in [-0.25, -0.2) is 12.8 Å². The fourth-order valence-corrected chi connectivity index (χ4v) is 4.66. The number of rotatable bonds is 3. The molecule has 124 valence electrons. The lowest BCUT2D eigenvalue weighted by atomic mass is 10.2. The predicted molar refractivity (Wildman–Crippen MR) is 85.2 cm³/mol. The number of nitrogens with zero attached hydrogens (tertiary/aromatic N) is 4. The Labute approximate surface area is 135 Å². The summed E-state index contributed by atoms with van der Waals surface area (Å²) in [5.74, 6) is -0.292. The van der Waals surface area contributed by atoms with Gasteiger partial charge in [-0.15, -0.1) is 0 Å². The SMILES string of the molecule is CC1CN(c2cccc(F)c2)CCN1S(=O)(=O)c1ccnn1C. The highest BCUT2D eigenvalue weighted by molar-refractivity contribution is 7.89. The van der Waals surface area contributed by atoms with Gasteiger partial charge in [0.05, 0.1) is 6.20 Å². The van der Waals surface area contributed by atoms with Crippen LogP contribution in [0.3, 0.4) is 0 Å². The van der Waals surface area contributed by atoms with Crippen LogP contribution in [0, 0.1) is 5.82 Å². The Morgan fingerprint density at radius 3 is 2.65 bits per heavy atom. The van der Waals surface area contributed by atoms with Gasteiger partial charge >= 0.3 is 0 Å². The molecule has 6 nitrogen and oxygen atoms in total. The van der Waals surface area contributed by atoms with E-state index in [1.807, 2.05) is 17.9 Å². The van der Waals surface area contributed by atoms with Crippen LogP contribution in [-0.4, -0.2) is 48.2 Å². The molecule has 0 aliphatic carbocycles. The molecule has 1 unspecified atom stereocenters.